The predicted molar refractivity (Wildman–Crippen MR) is 50.8 cm³/mol. The summed E-state index contributed by atoms with van der Waals surface area (Å²) in [5.74, 6) is -0.350. The normalized spacial score (nSPS) is 10.9. The second-order valence-corrected chi connectivity index (χ2v) is 3.56. The standard InChI is InChI=1S/C8H6BrNO3/c1-10-6-3-4(11)2-5(9)7(6)13-8(10)12/h2-3,11H,1H3. The topological polar surface area (TPSA) is 55.4 Å². The second kappa shape index (κ2) is 2.63. The van der Waals surface area contributed by atoms with Gasteiger partial charge in [-0.1, -0.05) is 0 Å². The summed E-state index contributed by atoms with van der Waals surface area (Å²) in [4.78, 5) is 11.1. The van der Waals surface area contributed by atoms with Crippen molar-refractivity contribution in [2.24, 2.45) is 7.05 Å². The molecule has 0 aliphatic rings. The molecule has 0 saturated carbocycles. The Labute approximate surface area is 81.5 Å². The molecule has 0 aliphatic heterocycles. The van der Waals surface area contributed by atoms with Crippen molar-refractivity contribution < 1.29 is 9.52 Å². The van der Waals surface area contributed by atoms with Gasteiger partial charge in [-0.25, -0.2) is 4.79 Å². The molecule has 2 aromatic rings. The largest absolute Gasteiger partial charge is 0.508 e. The van der Waals surface area contributed by atoms with Gasteiger partial charge < -0.3 is 9.52 Å². The maximum Gasteiger partial charge on any atom is 0.419 e. The average molecular weight is 244 g/mol. The summed E-state index contributed by atoms with van der Waals surface area (Å²) in [6.07, 6.45) is 0. The first-order valence-corrected chi connectivity index (χ1v) is 4.37. The van der Waals surface area contributed by atoms with E-state index in [0.717, 1.165) is 0 Å². The predicted octanol–water partition coefficient (Wildman–Crippen LogP) is 1.60. The molecule has 1 N–H and O–H groups in total. The Kier molecular flexibility index (Phi) is 1.69. The first-order chi connectivity index (χ1) is 6.09. The van der Waals surface area contributed by atoms with Gasteiger partial charge in [-0.3, -0.25) is 4.57 Å². The summed E-state index contributed by atoms with van der Waals surface area (Å²) in [5.41, 5.74) is 1.02. The van der Waals surface area contributed by atoms with E-state index in [9.17, 15) is 9.90 Å². The number of halogens is 1. The van der Waals surface area contributed by atoms with Crippen LogP contribution in [0.2, 0.25) is 0 Å². The number of fused-ring (bicyclic) bond motifs is 1. The number of aryl methyl sites for hydroxylation is 1. The van der Waals surface area contributed by atoms with Crippen molar-refractivity contribution >= 4 is 27.0 Å². The molecule has 13 heavy (non-hydrogen) atoms. The van der Waals surface area contributed by atoms with Crippen LogP contribution in [0.25, 0.3) is 11.1 Å². The van der Waals surface area contributed by atoms with Crippen LogP contribution < -0.4 is 5.76 Å². The number of phenols is 1. The molecular weight excluding hydrogens is 238 g/mol. The number of oxazole rings is 1. The SMILES string of the molecule is Cn1c(=O)oc2c(Br)cc(O)cc21. The molecule has 0 amide bonds. The van der Waals surface area contributed by atoms with E-state index in [1.165, 1.54) is 16.7 Å². The number of phenolic OH excluding ortho intramolecular Hbond substituents is 1. The summed E-state index contributed by atoms with van der Waals surface area (Å²) in [5, 5.41) is 9.26. The molecule has 0 saturated heterocycles. The van der Waals surface area contributed by atoms with Gasteiger partial charge in [-0.2, -0.15) is 0 Å². The summed E-state index contributed by atoms with van der Waals surface area (Å²) in [6, 6.07) is 2.95. The highest BCUT2D eigenvalue weighted by atomic mass is 79.9. The van der Waals surface area contributed by atoms with Crippen LogP contribution in [-0.4, -0.2) is 9.67 Å². The number of rotatable bonds is 0. The summed E-state index contributed by atoms with van der Waals surface area (Å²) >= 11 is 3.19. The number of aromatic nitrogens is 1. The monoisotopic (exact) mass is 243 g/mol. The van der Waals surface area contributed by atoms with Crippen LogP contribution in [0.15, 0.2) is 25.8 Å². The lowest BCUT2D eigenvalue weighted by atomic mass is 10.3. The zero-order chi connectivity index (χ0) is 9.59. The molecule has 68 valence electrons. The number of aromatic hydroxyl groups is 1. The molecule has 1 heterocycles. The minimum atomic E-state index is -0.443. The Hall–Kier alpha value is -1.23. The maximum absolute atomic E-state index is 11.1. The highest BCUT2D eigenvalue weighted by molar-refractivity contribution is 9.10. The van der Waals surface area contributed by atoms with Gasteiger partial charge in [0.1, 0.15) is 5.75 Å². The van der Waals surface area contributed by atoms with E-state index in [2.05, 4.69) is 15.9 Å². The molecule has 4 nitrogen and oxygen atoms in total. The Morgan fingerprint density at radius 3 is 2.92 bits per heavy atom. The van der Waals surface area contributed by atoms with Crippen molar-refractivity contribution in [1.82, 2.24) is 4.57 Å². The van der Waals surface area contributed by atoms with Crippen molar-refractivity contribution in [2.45, 2.75) is 0 Å². The van der Waals surface area contributed by atoms with Gasteiger partial charge in [0, 0.05) is 13.1 Å². The Bertz CT molecular complexity index is 526. The van der Waals surface area contributed by atoms with Crippen LogP contribution >= 0.6 is 15.9 Å². The van der Waals surface area contributed by atoms with Gasteiger partial charge in [-0.15, -0.1) is 0 Å². The molecule has 0 spiro atoms. The van der Waals surface area contributed by atoms with Crippen molar-refractivity contribution in [3.63, 3.8) is 0 Å². The fourth-order valence-electron chi connectivity index (χ4n) is 1.17. The number of nitrogens with zero attached hydrogens (tertiary/aromatic N) is 1. The van der Waals surface area contributed by atoms with Crippen LogP contribution in [-0.2, 0) is 7.05 Å². The lowest BCUT2D eigenvalue weighted by molar-refractivity contribution is 0.475. The highest BCUT2D eigenvalue weighted by Crippen LogP contribution is 2.27. The first kappa shape index (κ1) is 8.37. The molecule has 5 heteroatoms. The van der Waals surface area contributed by atoms with E-state index >= 15 is 0 Å². The molecule has 0 unspecified atom stereocenters. The molecule has 0 bridgehead atoms. The molecule has 0 radical (unpaired) electrons. The van der Waals surface area contributed by atoms with Crippen LogP contribution in [0.5, 0.6) is 5.75 Å². The van der Waals surface area contributed by atoms with Gasteiger partial charge >= 0.3 is 5.76 Å². The number of hydrogen-bond acceptors (Lipinski definition) is 3. The average Bonchev–Trinajstić information content (AvgIpc) is 2.32. The third-order valence-electron chi connectivity index (χ3n) is 1.83. The fraction of sp³-hybridized carbons (Fsp3) is 0.125. The van der Waals surface area contributed by atoms with Gasteiger partial charge in [0.2, 0.25) is 0 Å². The smallest absolute Gasteiger partial charge is 0.419 e. The summed E-state index contributed by atoms with van der Waals surface area (Å²) in [7, 11) is 1.58. The van der Waals surface area contributed by atoms with E-state index in [0.29, 0.717) is 15.6 Å². The van der Waals surface area contributed by atoms with Crippen molar-refractivity contribution in [2.75, 3.05) is 0 Å². The highest BCUT2D eigenvalue weighted by Gasteiger charge is 2.10. The van der Waals surface area contributed by atoms with Gasteiger partial charge in [0.15, 0.2) is 5.58 Å². The van der Waals surface area contributed by atoms with E-state index in [1.807, 2.05) is 0 Å². The minimum Gasteiger partial charge on any atom is -0.508 e. The van der Waals surface area contributed by atoms with Gasteiger partial charge in [0.05, 0.1) is 9.99 Å². The van der Waals surface area contributed by atoms with Crippen LogP contribution in [0.1, 0.15) is 0 Å². The zero-order valence-corrected chi connectivity index (χ0v) is 8.33. The molecule has 1 aromatic carbocycles. The first-order valence-electron chi connectivity index (χ1n) is 3.57. The van der Waals surface area contributed by atoms with Gasteiger partial charge in [0.25, 0.3) is 0 Å². The molecular formula is C8H6BrNO3. The second-order valence-electron chi connectivity index (χ2n) is 2.70. The third kappa shape index (κ3) is 1.16. The van der Waals surface area contributed by atoms with E-state index in [-0.39, 0.29) is 5.75 Å². The number of hydrogen-bond donors (Lipinski definition) is 1. The molecule has 2 rings (SSSR count). The van der Waals surface area contributed by atoms with Crippen LogP contribution in [0, 0.1) is 0 Å². The quantitative estimate of drug-likeness (QED) is 0.765. The Morgan fingerprint density at radius 1 is 1.54 bits per heavy atom. The van der Waals surface area contributed by atoms with Crippen molar-refractivity contribution in [1.29, 1.82) is 0 Å². The third-order valence-corrected chi connectivity index (χ3v) is 2.42. The maximum atomic E-state index is 11.1. The zero-order valence-electron chi connectivity index (χ0n) is 6.74. The Morgan fingerprint density at radius 2 is 2.23 bits per heavy atom. The summed E-state index contributed by atoms with van der Waals surface area (Å²) in [6.45, 7) is 0. The number of benzene rings is 1. The molecule has 0 atom stereocenters. The van der Waals surface area contributed by atoms with E-state index < -0.39 is 5.76 Å². The molecule has 0 fully saturated rings. The minimum absolute atomic E-state index is 0.0933. The Balaban J connectivity index is 3.03. The molecule has 1 aromatic heterocycles. The van der Waals surface area contributed by atoms with Crippen molar-refractivity contribution in [3.8, 4) is 5.75 Å². The lowest BCUT2D eigenvalue weighted by Crippen LogP contribution is -2.08. The van der Waals surface area contributed by atoms with Crippen LogP contribution in [0.3, 0.4) is 0 Å². The van der Waals surface area contributed by atoms with E-state index in [1.54, 1.807) is 7.05 Å². The van der Waals surface area contributed by atoms with Crippen molar-refractivity contribution in [3.05, 3.63) is 27.2 Å². The fourth-order valence-corrected chi connectivity index (χ4v) is 1.69. The van der Waals surface area contributed by atoms with Gasteiger partial charge in [-0.05, 0) is 22.0 Å². The lowest BCUT2D eigenvalue weighted by Gasteiger charge is -1.95. The van der Waals surface area contributed by atoms with Crippen LogP contribution in [0.4, 0.5) is 0 Å². The van der Waals surface area contributed by atoms with E-state index in [4.69, 9.17) is 4.42 Å². The molecule has 0 aliphatic carbocycles. The summed E-state index contributed by atoms with van der Waals surface area (Å²) < 4.78 is 6.84.